The minimum absolute atomic E-state index is 0.0165. The summed E-state index contributed by atoms with van der Waals surface area (Å²) in [6, 6.07) is 15.3. The first-order valence-corrected chi connectivity index (χ1v) is 9.12. The molecule has 0 saturated heterocycles. The zero-order chi connectivity index (χ0) is 16.9. The number of carbonyl (C=O) groups is 1. The Labute approximate surface area is 146 Å². The van der Waals surface area contributed by atoms with Gasteiger partial charge in [0, 0.05) is 22.2 Å². The van der Waals surface area contributed by atoms with Crippen LogP contribution in [0.2, 0.25) is 0 Å². The van der Waals surface area contributed by atoms with Crippen molar-refractivity contribution in [1.82, 2.24) is 5.32 Å². The SMILES string of the molecule is CCCCC(=O)N[C@H](c1cccs1)c1ccc2ccccc2c1O. The molecule has 0 aliphatic carbocycles. The van der Waals surface area contributed by atoms with Crippen molar-refractivity contribution in [2.24, 2.45) is 0 Å². The second-order valence-corrected chi connectivity index (χ2v) is 6.82. The molecule has 4 heteroatoms. The molecule has 124 valence electrons. The molecule has 3 aromatic rings. The molecule has 0 radical (unpaired) electrons. The molecule has 0 aliphatic rings. The Balaban J connectivity index is 1.99. The summed E-state index contributed by atoms with van der Waals surface area (Å²) in [6.45, 7) is 2.07. The van der Waals surface area contributed by atoms with Gasteiger partial charge in [0.25, 0.3) is 0 Å². The molecule has 3 rings (SSSR count). The number of unbranched alkanes of at least 4 members (excludes halogenated alkanes) is 1. The van der Waals surface area contributed by atoms with Crippen molar-refractivity contribution in [2.45, 2.75) is 32.2 Å². The lowest BCUT2D eigenvalue weighted by Crippen LogP contribution is -2.28. The first-order chi connectivity index (χ1) is 11.7. The summed E-state index contributed by atoms with van der Waals surface area (Å²) in [5, 5.41) is 17.6. The molecule has 1 amide bonds. The zero-order valence-electron chi connectivity index (χ0n) is 13.7. The van der Waals surface area contributed by atoms with Crippen LogP contribution < -0.4 is 5.32 Å². The highest BCUT2D eigenvalue weighted by atomic mass is 32.1. The summed E-state index contributed by atoms with van der Waals surface area (Å²) in [7, 11) is 0. The second kappa shape index (κ2) is 7.49. The summed E-state index contributed by atoms with van der Waals surface area (Å²) in [4.78, 5) is 13.3. The van der Waals surface area contributed by atoms with Gasteiger partial charge in [-0.3, -0.25) is 4.79 Å². The molecule has 0 fully saturated rings. The first kappa shape index (κ1) is 16.5. The Morgan fingerprint density at radius 3 is 2.75 bits per heavy atom. The Bertz CT molecular complexity index is 827. The maximum Gasteiger partial charge on any atom is 0.220 e. The highest BCUT2D eigenvalue weighted by Crippen LogP contribution is 2.36. The van der Waals surface area contributed by atoms with Crippen LogP contribution in [0.15, 0.2) is 53.9 Å². The highest BCUT2D eigenvalue weighted by molar-refractivity contribution is 7.10. The fourth-order valence-corrected chi connectivity index (χ4v) is 3.63. The zero-order valence-corrected chi connectivity index (χ0v) is 14.5. The minimum Gasteiger partial charge on any atom is -0.507 e. The van der Waals surface area contributed by atoms with Gasteiger partial charge < -0.3 is 10.4 Å². The molecule has 1 aromatic heterocycles. The van der Waals surface area contributed by atoms with Crippen molar-refractivity contribution < 1.29 is 9.90 Å². The van der Waals surface area contributed by atoms with Gasteiger partial charge in [-0.2, -0.15) is 0 Å². The van der Waals surface area contributed by atoms with Gasteiger partial charge in [0.05, 0.1) is 6.04 Å². The molecular formula is C20H21NO2S. The number of fused-ring (bicyclic) bond motifs is 1. The van der Waals surface area contributed by atoms with Gasteiger partial charge in [-0.25, -0.2) is 0 Å². The number of nitrogens with one attached hydrogen (secondary N) is 1. The van der Waals surface area contributed by atoms with Crippen molar-refractivity contribution in [2.75, 3.05) is 0 Å². The third kappa shape index (κ3) is 3.44. The third-order valence-electron chi connectivity index (χ3n) is 4.13. The quantitative estimate of drug-likeness (QED) is 0.664. The van der Waals surface area contributed by atoms with Crippen LogP contribution in [0.3, 0.4) is 0 Å². The van der Waals surface area contributed by atoms with Gasteiger partial charge in [-0.05, 0) is 23.3 Å². The van der Waals surface area contributed by atoms with E-state index in [1.165, 1.54) is 0 Å². The van der Waals surface area contributed by atoms with Crippen LogP contribution in [-0.4, -0.2) is 11.0 Å². The van der Waals surface area contributed by atoms with Crippen molar-refractivity contribution in [3.63, 3.8) is 0 Å². The normalized spacial score (nSPS) is 12.2. The van der Waals surface area contributed by atoms with Crippen LogP contribution in [-0.2, 0) is 4.79 Å². The number of thiophene rings is 1. The summed E-state index contributed by atoms with van der Waals surface area (Å²) in [5.41, 5.74) is 0.737. The lowest BCUT2D eigenvalue weighted by molar-refractivity contribution is -0.121. The molecular weight excluding hydrogens is 318 g/mol. The first-order valence-electron chi connectivity index (χ1n) is 8.24. The van der Waals surface area contributed by atoms with E-state index >= 15 is 0 Å². The molecule has 0 saturated carbocycles. The van der Waals surface area contributed by atoms with E-state index in [9.17, 15) is 9.90 Å². The Kier molecular flexibility index (Phi) is 5.16. The van der Waals surface area contributed by atoms with Gasteiger partial charge in [0.2, 0.25) is 5.91 Å². The van der Waals surface area contributed by atoms with Crippen LogP contribution in [0, 0.1) is 0 Å². The monoisotopic (exact) mass is 339 g/mol. The van der Waals surface area contributed by atoms with Crippen LogP contribution in [0.25, 0.3) is 10.8 Å². The van der Waals surface area contributed by atoms with E-state index in [1.807, 2.05) is 53.9 Å². The molecule has 0 spiro atoms. The van der Waals surface area contributed by atoms with E-state index in [1.54, 1.807) is 11.3 Å². The second-order valence-electron chi connectivity index (χ2n) is 5.84. The van der Waals surface area contributed by atoms with Gasteiger partial charge in [0.15, 0.2) is 0 Å². The van der Waals surface area contributed by atoms with Crippen LogP contribution in [0.1, 0.15) is 42.7 Å². The number of phenols is 1. The molecule has 1 heterocycles. The number of hydrogen-bond acceptors (Lipinski definition) is 3. The van der Waals surface area contributed by atoms with Crippen molar-refractivity contribution >= 4 is 28.0 Å². The smallest absolute Gasteiger partial charge is 0.220 e. The number of aromatic hydroxyl groups is 1. The predicted molar refractivity (Wildman–Crippen MR) is 99.4 cm³/mol. The van der Waals surface area contributed by atoms with E-state index in [0.29, 0.717) is 6.42 Å². The lowest BCUT2D eigenvalue weighted by atomic mass is 9.99. The number of carbonyl (C=O) groups excluding carboxylic acids is 1. The highest BCUT2D eigenvalue weighted by Gasteiger charge is 2.21. The standard InChI is InChI=1S/C20H21NO2S/c1-2-3-10-18(22)21-19(17-9-6-13-24-17)16-12-11-14-7-4-5-8-15(14)20(16)23/h4-9,11-13,19,23H,2-3,10H2,1H3,(H,21,22)/t19-/m0/s1. The van der Waals surface area contributed by atoms with Gasteiger partial charge in [-0.1, -0.05) is 55.8 Å². The molecule has 0 unspecified atom stereocenters. The number of phenolic OH excluding ortho intramolecular Hbond substituents is 1. The average molecular weight is 339 g/mol. The Morgan fingerprint density at radius 2 is 2.00 bits per heavy atom. The fourth-order valence-electron chi connectivity index (χ4n) is 2.83. The van der Waals surface area contributed by atoms with E-state index in [0.717, 1.165) is 34.1 Å². The lowest BCUT2D eigenvalue weighted by Gasteiger charge is -2.20. The number of rotatable bonds is 6. The molecule has 2 N–H and O–H groups in total. The van der Waals surface area contributed by atoms with E-state index < -0.39 is 0 Å². The van der Waals surface area contributed by atoms with Gasteiger partial charge in [-0.15, -0.1) is 11.3 Å². The van der Waals surface area contributed by atoms with Crippen molar-refractivity contribution in [1.29, 1.82) is 0 Å². The Morgan fingerprint density at radius 1 is 1.17 bits per heavy atom. The molecule has 0 bridgehead atoms. The van der Waals surface area contributed by atoms with Gasteiger partial charge >= 0.3 is 0 Å². The molecule has 2 aromatic carbocycles. The molecule has 0 aliphatic heterocycles. The molecule has 1 atom stereocenters. The predicted octanol–water partition coefficient (Wildman–Crippen LogP) is 5.00. The summed E-state index contributed by atoms with van der Waals surface area (Å²) < 4.78 is 0. The van der Waals surface area contributed by atoms with Crippen molar-refractivity contribution in [3.05, 3.63) is 64.4 Å². The summed E-state index contributed by atoms with van der Waals surface area (Å²) >= 11 is 1.58. The topological polar surface area (TPSA) is 49.3 Å². The van der Waals surface area contributed by atoms with Crippen LogP contribution in [0.4, 0.5) is 0 Å². The molecule has 3 nitrogen and oxygen atoms in total. The number of hydrogen-bond donors (Lipinski definition) is 2. The average Bonchev–Trinajstić information content (AvgIpc) is 3.13. The number of amides is 1. The van der Waals surface area contributed by atoms with E-state index in [2.05, 4.69) is 12.2 Å². The van der Waals surface area contributed by atoms with Crippen LogP contribution in [0.5, 0.6) is 5.75 Å². The van der Waals surface area contributed by atoms with Crippen molar-refractivity contribution in [3.8, 4) is 5.75 Å². The minimum atomic E-state index is -0.320. The van der Waals surface area contributed by atoms with Crippen LogP contribution >= 0.6 is 11.3 Å². The molecule has 24 heavy (non-hydrogen) atoms. The maximum atomic E-state index is 12.3. The summed E-state index contributed by atoms with van der Waals surface area (Å²) in [5.74, 6) is 0.255. The largest absolute Gasteiger partial charge is 0.507 e. The van der Waals surface area contributed by atoms with E-state index in [4.69, 9.17) is 0 Å². The number of benzene rings is 2. The third-order valence-corrected chi connectivity index (χ3v) is 5.07. The van der Waals surface area contributed by atoms with Gasteiger partial charge in [0.1, 0.15) is 5.75 Å². The summed E-state index contributed by atoms with van der Waals surface area (Å²) in [6.07, 6.45) is 2.36. The maximum absolute atomic E-state index is 12.3. The fraction of sp³-hybridized carbons (Fsp3) is 0.250. The van der Waals surface area contributed by atoms with E-state index in [-0.39, 0.29) is 17.7 Å². The Hall–Kier alpha value is -2.33.